The van der Waals surface area contributed by atoms with Gasteiger partial charge in [0.2, 0.25) is 5.91 Å². The van der Waals surface area contributed by atoms with Crippen LogP contribution in [0.4, 0.5) is 0 Å². The highest BCUT2D eigenvalue weighted by molar-refractivity contribution is 6.01. The molecule has 2 aromatic carbocycles. The molecule has 1 amide bonds. The molecule has 33 heavy (non-hydrogen) atoms. The van der Waals surface area contributed by atoms with Crippen LogP contribution in [0.2, 0.25) is 0 Å². The lowest BCUT2D eigenvalue weighted by Gasteiger charge is -2.26. The Morgan fingerprint density at radius 1 is 1.06 bits per heavy atom. The molecular formula is C27H34N2O4. The number of nitrogens with zero attached hydrogens (tertiary/aromatic N) is 2. The van der Waals surface area contributed by atoms with Crippen LogP contribution in [0.15, 0.2) is 53.7 Å². The summed E-state index contributed by atoms with van der Waals surface area (Å²) in [5.41, 5.74) is 2.98. The molecule has 6 heteroatoms. The molecule has 0 saturated heterocycles. The number of methoxy groups -OCH3 is 2. The highest BCUT2D eigenvalue weighted by Gasteiger charge is 2.27. The van der Waals surface area contributed by atoms with Crippen molar-refractivity contribution in [1.29, 1.82) is 0 Å². The monoisotopic (exact) mass is 450 g/mol. The molecule has 0 N–H and O–H groups in total. The Morgan fingerprint density at radius 2 is 1.82 bits per heavy atom. The van der Waals surface area contributed by atoms with Gasteiger partial charge in [-0.25, -0.2) is 0 Å². The molecule has 0 bridgehead atoms. The van der Waals surface area contributed by atoms with Crippen LogP contribution in [-0.2, 0) is 16.2 Å². The number of carbonyl (C=O) groups excluding carboxylic acids is 1. The van der Waals surface area contributed by atoms with E-state index in [0.29, 0.717) is 31.8 Å². The zero-order valence-corrected chi connectivity index (χ0v) is 19.7. The Labute approximate surface area is 196 Å². The molecule has 1 fully saturated rings. The van der Waals surface area contributed by atoms with Crippen LogP contribution in [0.5, 0.6) is 11.5 Å². The van der Waals surface area contributed by atoms with Gasteiger partial charge < -0.3 is 19.2 Å². The van der Waals surface area contributed by atoms with Crippen LogP contribution >= 0.6 is 0 Å². The SMILES string of the molecule is COc1ccc(C2=NO[C@H](CN(Cc3cccc(OC)c3)C(=O)CCC3CCCC3)C2)cc1. The standard InChI is InChI=1S/C27H34N2O4/c1-31-23-13-11-22(12-14-23)26-17-25(33-28-26)19-29(18-21-8-5-9-24(16-21)32-2)27(30)15-10-20-6-3-4-7-20/h5,8-9,11-14,16,20,25H,3-4,6-7,10,15,17-19H2,1-2H3/t25-/m0/s1. The smallest absolute Gasteiger partial charge is 0.223 e. The second-order valence-corrected chi connectivity index (χ2v) is 9.01. The fraction of sp³-hybridized carbons (Fsp3) is 0.481. The number of ether oxygens (including phenoxy) is 2. The predicted molar refractivity (Wildman–Crippen MR) is 129 cm³/mol. The molecule has 0 radical (unpaired) electrons. The fourth-order valence-electron chi connectivity index (χ4n) is 4.76. The van der Waals surface area contributed by atoms with Crippen molar-refractivity contribution in [2.24, 2.45) is 11.1 Å². The Bertz CT molecular complexity index is 951. The van der Waals surface area contributed by atoms with Crippen molar-refractivity contribution < 1.29 is 19.1 Å². The third-order valence-electron chi connectivity index (χ3n) is 6.68. The van der Waals surface area contributed by atoms with Gasteiger partial charge in [-0.3, -0.25) is 4.79 Å². The zero-order valence-electron chi connectivity index (χ0n) is 19.7. The van der Waals surface area contributed by atoms with E-state index in [4.69, 9.17) is 14.3 Å². The van der Waals surface area contributed by atoms with Gasteiger partial charge in [0, 0.05) is 19.4 Å². The van der Waals surface area contributed by atoms with Crippen LogP contribution in [0, 0.1) is 5.92 Å². The molecule has 6 nitrogen and oxygen atoms in total. The topological polar surface area (TPSA) is 60.4 Å². The van der Waals surface area contributed by atoms with Gasteiger partial charge in [-0.05, 0) is 59.9 Å². The first-order chi connectivity index (χ1) is 16.1. The number of hydrogen-bond acceptors (Lipinski definition) is 5. The Hall–Kier alpha value is -3.02. The maximum atomic E-state index is 13.3. The molecular weight excluding hydrogens is 416 g/mol. The van der Waals surface area contributed by atoms with E-state index in [2.05, 4.69) is 5.16 Å². The van der Waals surface area contributed by atoms with Crippen molar-refractivity contribution >= 4 is 11.6 Å². The number of amides is 1. The molecule has 1 atom stereocenters. The third-order valence-corrected chi connectivity index (χ3v) is 6.68. The van der Waals surface area contributed by atoms with Gasteiger partial charge in [0.15, 0.2) is 6.10 Å². The summed E-state index contributed by atoms with van der Waals surface area (Å²) in [4.78, 5) is 20.9. The predicted octanol–water partition coefficient (Wildman–Crippen LogP) is 5.20. The number of hydrogen-bond donors (Lipinski definition) is 0. The first-order valence-electron chi connectivity index (χ1n) is 11.9. The first-order valence-corrected chi connectivity index (χ1v) is 11.9. The van der Waals surface area contributed by atoms with Gasteiger partial charge in [-0.15, -0.1) is 0 Å². The lowest BCUT2D eigenvalue weighted by molar-refractivity contribution is -0.134. The molecule has 2 aromatic rings. The van der Waals surface area contributed by atoms with Gasteiger partial charge in [0.25, 0.3) is 0 Å². The van der Waals surface area contributed by atoms with Crippen LogP contribution in [0.3, 0.4) is 0 Å². The van der Waals surface area contributed by atoms with Gasteiger partial charge in [-0.2, -0.15) is 0 Å². The summed E-state index contributed by atoms with van der Waals surface area (Å²) in [7, 11) is 3.32. The van der Waals surface area contributed by atoms with E-state index in [9.17, 15) is 4.79 Å². The van der Waals surface area contributed by atoms with Crippen molar-refractivity contribution in [2.75, 3.05) is 20.8 Å². The number of rotatable bonds is 10. The summed E-state index contributed by atoms with van der Waals surface area (Å²) in [6.07, 6.45) is 7.21. The highest BCUT2D eigenvalue weighted by atomic mass is 16.6. The molecule has 1 aliphatic heterocycles. The number of oxime groups is 1. The van der Waals surface area contributed by atoms with E-state index in [1.807, 2.05) is 53.4 Å². The molecule has 0 aromatic heterocycles. The second kappa shape index (κ2) is 11.2. The largest absolute Gasteiger partial charge is 0.497 e. The molecule has 1 heterocycles. The van der Waals surface area contributed by atoms with E-state index >= 15 is 0 Å². The summed E-state index contributed by atoms with van der Waals surface area (Å²) in [6, 6.07) is 15.7. The number of carbonyl (C=O) groups is 1. The van der Waals surface area contributed by atoms with E-state index in [0.717, 1.165) is 34.8 Å². The second-order valence-electron chi connectivity index (χ2n) is 9.01. The number of benzene rings is 2. The summed E-state index contributed by atoms with van der Waals surface area (Å²) in [5.74, 6) is 2.49. The van der Waals surface area contributed by atoms with Gasteiger partial charge in [0.1, 0.15) is 11.5 Å². The van der Waals surface area contributed by atoms with E-state index in [-0.39, 0.29) is 12.0 Å². The van der Waals surface area contributed by atoms with Gasteiger partial charge in [0.05, 0.1) is 26.5 Å². The summed E-state index contributed by atoms with van der Waals surface area (Å²) in [6.45, 7) is 1.06. The van der Waals surface area contributed by atoms with Crippen LogP contribution in [-0.4, -0.2) is 43.4 Å². The lowest BCUT2D eigenvalue weighted by Crippen LogP contribution is -2.37. The average Bonchev–Trinajstić information content (AvgIpc) is 3.55. The summed E-state index contributed by atoms with van der Waals surface area (Å²) >= 11 is 0. The van der Waals surface area contributed by atoms with Crippen molar-refractivity contribution in [3.63, 3.8) is 0 Å². The van der Waals surface area contributed by atoms with Crippen molar-refractivity contribution in [3.05, 3.63) is 59.7 Å². The average molecular weight is 451 g/mol. The van der Waals surface area contributed by atoms with E-state index in [1.54, 1.807) is 14.2 Å². The third kappa shape index (κ3) is 6.28. The Morgan fingerprint density at radius 3 is 2.55 bits per heavy atom. The van der Waals surface area contributed by atoms with Crippen molar-refractivity contribution in [1.82, 2.24) is 4.90 Å². The first kappa shape index (κ1) is 23.1. The quantitative estimate of drug-likeness (QED) is 0.499. The minimum atomic E-state index is -0.150. The minimum absolute atomic E-state index is 0.150. The molecule has 2 aliphatic rings. The highest BCUT2D eigenvalue weighted by Crippen LogP contribution is 2.29. The molecule has 1 aliphatic carbocycles. The molecule has 0 unspecified atom stereocenters. The Kier molecular flexibility index (Phi) is 7.87. The molecule has 176 valence electrons. The minimum Gasteiger partial charge on any atom is -0.497 e. The normalized spacial score (nSPS) is 18.0. The maximum absolute atomic E-state index is 13.3. The molecule has 0 spiro atoms. The van der Waals surface area contributed by atoms with E-state index < -0.39 is 0 Å². The fourth-order valence-corrected chi connectivity index (χ4v) is 4.76. The van der Waals surface area contributed by atoms with Gasteiger partial charge >= 0.3 is 0 Å². The van der Waals surface area contributed by atoms with Crippen molar-refractivity contribution in [3.8, 4) is 11.5 Å². The van der Waals surface area contributed by atoms with Crippen LogP contribution in [0.1, 0.15) is 56.1 Å². The maximum Gasteiger partial charge on any atom is 0.223 e. The summed E-state index contributed by atoms with van der Waals surface area (Å²) < 4.78 is 10.6. The van der Waals surface area contributed by atoms with Crippen LogP contribution < -0.4 is 9.47 Å². The van der Waals surface area contributed by atoms with E-state index in [1.165, 1.54) is 25.7 Å². The Balaban J connectivity index is 1.40. The zero-order chi connectivity index (χ0) is 23.0. The molecule has 1 saturated carbocycles. The molecule has 4 rings (SSSR count). The van der Waals surface area contributed by atoms with Crippen molar-refractivity contribution in [2.45, 2.75) is 57.6 Å². The van der Waals surface area contributed by atoms with Gasteiger partial charge in [-0.1, -0.05) is 43.0 Å². The lowest BCUT2D eigenvalue weighted by atomic mass is 10.0. The summed E-state index contributed by atoms with van der Waals surface area (Å²) in [5, 5.41) is 4.32. The van der Waals surface area contributed by atoms with Crippen LogP contribution in [0.25, 0.3) is 0 Å².